The average Bonchev–Trinajstić information content (AvgIpc) is 2.61. The van der Waals surface area contributed by atoms with E-state index in [0.717, 1.165) is 4.90 Å². The molecule has 1 rings (SSSR count). The minimum absolute atomic E-state index is 0.590. The highest BCUT2D eigenvalue weighted by atomic mass is 35.6. The smallest absolute Gasteiger partial charge is 0.272 e. The van der Waals surface area contributed by atoms with Crippen molar-refractivity contribution in [3.63, 3.8) is 0 Å². The highest BCUT2D eigenvalue weighted by Gasteiger charge is 2.36. The molecule has 0 aliphatic heterocycles. The summed E-state index contributed by atoms with van der Waals surface area (Å²) in [5.74, 6) is -1.17. The number of hydrogen-bond donors (Lipinski definition) is 2. The van der Waals surface area contributed by atoms with Gasteiger partial charge in [0, 0.05) is 10.6 Å². The number of carbonyl (C=O) groups excluding carboxylic acids is 2. The monoisotopic (exact) mass is 522 g/mol. The van der Waals surface area contributed by atoms with E-state index in [-0.39, 0.29) is 0 Å². The summed E-state index contributed by atoms with van der Waals surface area (Å²) < 4.78 is -4.37. The lowest BCUT2D eigenvalue weighted by Gasteiger charge is -2.26. The summed E-state index contributed by atoms with van der Waals surface area (Å²) in [5.41, 5.74) is 0. The van der Waals surface area contributed by atoms with Crippen LogP contribution in [0.4, 0.5) is 0 Å². The van der Waals surface area contributed by atoms with E-state index in [9.17, 15) is 9.59 Å². The first-order valence-corrected chi connectivity index (χ1v) is 10.9. The Hall–Kier alpha value is -0.270. The first kappa shape index (κ1) is 25.8. The summed E-state index contributed by atoms with van der Waals surface area (Å²) in [7, 11) is 0. The topological polar surface area (TPSA) is 58.2 Å². The van der Waals surface area contributed by atoms with E-state index in [0.29, 0.717) is 5.75 Å². The summed E-state index contributed by atoms with van der Waals surface area (Å²) >= 11 is 35.1. The molecule has 0 aliphatic carbocycles. The van der Waals surface area contributed by atoms with Gasteiger partial charge in [0.1, 0.15) is 0 Å². The third-order valence-corrected chi connectivity index (χ3v) is 5.18. The molecule has 0 aromatic heterocycles. The Morgan fingerprint density at radius 2 is 1.46 bits per heavy atom. The van der Waals surface area contributed by atoms with Crippen molar-refractivity contribution in [1.82, 2.24) is 10.6 Å². The Morgan fingerprint density at radius 3 is 1.93 bits per heavy atom. The number of hydrogen-bond acceptors (Lipinski definition) is 3. The van der Waals surface area contributed by atoms with E-state index in [2.05, 4.69) is 17.2 Å². The Bertz CT molecular complexity index is 704. The van der Waals surface area contributed by atoms with Gasteiger partial charge in [0.25, 0.3) is 19.4 Å². The SMILES string of the molecule is C=C[C@@H](NC(=O)C(Cl)(Cl)Cl)[C@@H](/C=C/CSc1ccccc1)NC(=O)C(Cl)(Cl)Cl. The number of halogens is 6. The zero-order valence-electron chi connectivity index (χ0n) is 14.2. The van der Waals surface area contributed by atoms with Crippen LogP contribution in [0.3, 0.4) is 0 Å². The van der Waals surface area contributed by atoms with Crippen molar-refractivity contribution in [3.8, 4) is 0 Å². The van der Waals surface area contributed by atoms with Crippen molar-refractivity contribution < 1.29 is 9.59 Å². The van der Waals surface area contributed by atoms with Gasteiger partial charge in [-0.05, 0) is 12.1 Å². The standard InChI is InChI=1S/C17H16Cl6N2O2S/c1-2-12(24-14(26)16(18,19)20)13(25-15(27)17(21,22)23)9-6-10-28-11-7-4-3-5-8-11/h2-9,12-13H,1,10H2,(H,24,26)(H,25,27)/b9-6+/t12-,13-/m1/s1. The summed E-state index contributed by atoms with van der Waals surface area (Å²) in [6, 6.07) is 8.09. The predicted octanol–water partition coefficient (Wildman–Crippen LogP) is 5.23. The summed E-state index contributed by atoms with van der Waals surface area (Å²) in [5, 5.41) is 4.98. The average molecular weight is 525 g/mol. The van der Waals surface area contributed by atoms with E-state index >= 15 is 0 Å². The van der Waals surface area contributed by atoms with Crippen molar-refractivity contribution >= 4 is 93.2 Å². The van der Waals surface area contributed by atoms with Crippen LogP contribution in [-0.4, -0.2) is 37.2 Å². The number of alkyl halides is 6. The van der Waals surface area contributed by atoms with Crippen LogP contribution in [0.2, 0.25) is 0 Å². The molecular formula is C17H16Cl6N2O2S. The molecular weight excluding hydrogens is 509 g/mol. The molecule has 0 bridgehead atoms. The normalized spacial score (nSPS) is 14.4. The fraction of sp³-hybridized carbons (Fsp3) is 0.294. The lowest BCUT2D eigenvalue weighted by molar-refractivity contribution is -0.123. The van der Waals surface area contributed by atoms with Crippen LogP contribution in [0.1, 0.15) is 0 Å². The lowest BCUT2D eigenvalue weighted by atomic mass is 10.1. The third-order valence-electron chi connectivity index (χ3n) is 3.18. The van der Waals surface area contributed by atoms with E-state index < -0.39 is 31.5 Å². The van der Waals surface area contributed by atoms with Crippen LogP contribution >= 0.6 is 81.4 Å². The number of nitrogens with one attached hydrogen (secondary N) is 2. The second-order valence-corrected chi connectivity index (χ2v) is 10.9. The molecule has 154 valence electrons. The van der Waals surface area contributed by atoms with Crippen LogP contribution in [0.5, 0.6) is 0 Å². The van der Waals surface area contributed by atoms with E-state index in [4.69, 9.17) is 69.6 Å². The molecule has 0 heterocycles. The van der Waals surface area contributed by atoms with Crippen molar-refractivity contribution in [2.45, 2.75) is 24.6 Å². The molecule has 2 amide bonds. The van der Waals surface area contributed by atoms with Gasteiger partial charge >= 0.3 is 0 Å². The van der Waals surface area contributed by atoms with Crippen LogP contribution in [0.15, 0.2) is 60.0 Å². The molecule has 11 heteroatoms. The predicted molar refractivity (Wildman–Crippen MR) is 121 cm³/mol. The van der Waals surface area contributed by atoms with Gasteiger partial charge in [-0.1, -0.05) is 106 Å². The number of benzene rings is 1. The Balaban J connectivity index is 2.89. The third kappa shape index (κ3) is 9.49. The van der Waals surface area contributed by atoms with Gasteiger partial charge in [0.2, 0.25) is 0 Å². The number of carbonyl (C=O) groups is 2. The maximum absolute atomic E-state index is 12.1. The largest absolute Gasteiger partial charge is 0.344 e. The van der Waals surface area contributed by atoms with Gasteiger partial charge < -0.3 is 10.6 Å². The Morgan fingerprint density at radius 1 is 0.964 bits per heavy atom. The molecule has 0 saturated heterocycles. The molecule has 4 nitrogen and oxygen atoms in total. The minimum Gasteiger partial charge on any atom is -0.344 e. The highest BCUT2D eigenvalue weighted by Crippen LogP contribution is 2.27. The van der Waals surface area contributed by atoms with Gasteiger partial charge in [-0.2, -0.15) is 0 Å². The highest BCUT2D eigenvalue weighted by molar-refractivity contribution is 7.99. The van der Waals surface area contributed by atoms with E-state index in [1.54, 1.807) is 23.9 Å². The second-order valence-electron chi connectivity index (χ2n) is 5.28. The van der Waals surface area contributed by atoms with Crippen LogP contribution in [0.25, 0.3) is 0 Å². The molecule has 0 saturated carbocycles. The van der Waals surface area contributed by atoms with Gasteiger partial charge in [0.05, 0.1) is 12.1 Å². The zero-order valence-corrected chi connectivity index (χ0v) is 19.5. The zero-order chi connectivity index (χ0) is 21.4. The summed E-state index contributed by atoms with van der Waals surface area (Å²) in [4.78, 5) is 25.1. The lowest BCUT2D eigenvalue weighted by Crippen LogP contribution is -2.53. The van der Waals surface area contributed by atoms with E-state index in [1.165, 1.54) is 6.08 Å². The van der Waals surface area contributed by atoms with Crippen LogP contribution < -0.4 is 10.6 Å². The molecule has 0 unspecified atom stereocenters. The fourth-order valence-corrected chi connectivity index (χ4v) is 2.96. The molecule has 1 aromatic carbocycles. The maximum atomic E-state index is 12.1. The van der Waals surface area contributed by atoms with Crippen LogP contribution in [-0.2, 0) is 9.59 Å². The van der Waals surface area contributed by atoms with Crippen molar-refractivity contribution in [1.29, 1.82) is 0 Å². The number of amides is 2. The second kappa shape index (κ2) is 11.8. The van der Waals surface area contributed by atoms with E-state index in [1.807, 2.05) is 30.3 Å². The van der Waals surface area contributed by atoms with Gasteiger partial charge in [-0.15, -0.1) is 18.3 Å². The Labute approximate surface area is 197 Å². The quantitative estimate of drug-likeness (QED) is 0.278. The number of rotatable bonds is 8. The molecule has 0 aliphatic rings. The van der Waals surface area contributed by atoms with Gasteiger partial charge in [-0.3, -0.25) is 9.59 Å². The van der Waals surface area contributed by atoms with Gasteiger partial charge in [0.15, 0.2) is 0 Å². The van der Waals surface area contributed by atoms with Crippen molar-refractivity contribution in [2.75, 3.05) is 5.75 Å². The Kier molecular flexibility index (Phi) is 10.9. The molecule has 28 heavy (non-hydrogen) atoms. The van der Waals surface area contributed by atoms with Crippen molar-refractivity contribution in [2.24, 2.45) is 0 Å². The fourth-order valence-electron chi connectivity index (χ4n) is 1.88. The number of thioether (sulfide) groups is 1. The minimum atomic E-state index is -2.18. The first-order chi connectivity index (χ1) is 12.9. The van der Waals surface area contributed by atoms with Crippen molar-refractivity contribution in [3.05, 3.63) is 55.1 Å². The summed E-state index contributed by atoms with van der Waals surface area (Å²) in [6.07, 6.45) is 4.79. The summed E-state index contributed by atoms with van der Waals surface area (Å²) in [6.45, 7) is 3.63. The molecule has 0 fully saturated rings. The van der Waals surface area contributed by atoms with Gasteiger partial charge in [-0.25, -0.2) is 0 Å². The molecule has 0 radical (unpaired) electrons. The first-order valence-electron chi connectivity index (χ1n) is 7.67. The molecule has 0 spiro atoms. The molecule has 2 N–H and O–H groups in total. The maximum Gasteiger partial charge on any atom is 0.272 e. The molecule has 1 aromatic rings. The van der Waals surface area contributed by atoms with Crippen LogP contribution in [0, 0.1) is 0 Å². The molecule has 2 atom stereocenters.